The van der Waals surface area contributed by atoms with Crippen LogP contribution in [-0.2, 0) is 4.74 Å². The standard InChI is InChI=1S/C20H26N2O3/c1-14-10-19(20(23)21-12-16-6-5-9-25-13-16)15(2)22(14)17-7-4-8-18(11-17)24-3/h4,7-8,10-11,16H,5-6,9,12-13H2,1-3H3,(H,21,23). The summed E-state index contributed by atoms with van der Waals surface area (Å²) in [7, 11) is 1.66. The van der Waals surface area contributed by atoms with Gasteiger partial charge in [-0.1, -0.05) is 6.07 Å². The molecule has 0 bridgehead atoms. The number of aromatic nitrogens is 1. The van der Waals surface area contributed by atoms with Crippen molar-refractivity contribution in [2.45, 2.75) is 26.7 Å². The molecule has 1 atom stereocenters. The molecule has 25 heavy (non-hydrogen) atoms. The second-order valence-electron chi connectivity index (χ2n) is 6.61. The Bertz CT molecular complexity index is 745. The highest BCUT2D eigenvalue weighted by Gasteiger charge is 2.19. The monoisotopic (exact) mass is 342 g/mol. The fourth-order valence-electron chi connectivity index (χ4n) is 3.44. The van der Waals surface area contributed by atoms with Crippen molar-refractivity contribution in [3.05, 3.63) is 47.3 Å². The topological polar surface area (TPSA) is 52.5 Å². The Morgan fingerprint density at radius 1 is 1.36 bits per heavy atom. The number of rotatable bonds is 5. The average Bonchev–Trinajstić information content (AvgIpc) is 2.95. The van der Waals surface area contributed by atoms with Crippen molar-refractivity contribution in [2.75, 3.05) is 26.9 Å². The molecule has 1 fully saturated rings. The molecule has 1 saturated heterocycles. The average molecular weight is 342 g/mol. The third-order valence-corrected chi connectivity index (χ3v) is 4.79. The number of carbonyl (C=O) groups is 1. The van der Waals surface area contributed by atoms with E-state index in [2.05, 4.69) is 9.88 Å². The summed E-state index contributed by atoms with van der Waals surface area (Å²) in [6.45, 7) is 6.24. The van der Waals surface area contributed by atoms with E-state index >= 15 is 0 Å². The van der Waals surface area contributed by atoms with Crippen molar-refractivity contribution >= 4 is 5.91 Å². The van der Waals surface area contributed by atoms with Crippen molar-refractivity contribution < 1.29 is 14.3 Å². The van der Waals surface area contributed by atoms with E-state index < -0.39 is 0 Å². The summed E-state index contributed by atoms with van der Waals surface area (Å²) in [4.78, 5) is 12.6. The van der Waals surface area contributed by atoms with Gasteiger partial charge in [0.1, 0.15) is 5.75 Å². The Balaban J connectivity index is 1.77. The predicted molar refractivity (Wildman–Crippen MR) is 97.7 cm³/mol. The van der Waals surface area contributed by atoms with Crippen molar-refractivity contribution in [2.24, 2.45) is 5.92 Å². The van der Waals surface area contributed by atoms with Crippen molar-refractivity contribution in [1.29, 1.82) is 0 Å². The maximum atomic E-state index is 12.6. The van der Waals surface area contributed by atoms with Crippen LogP contribution in [0.3, 0.4) is 0 Å². The first kappa shape index (κ1) is 17.5. The van der Waals surface area contributed by atoms with Crippen LogP contribution in [-0.4, -0.2) is 37.3 Å². The third-order valence-electron chi connectivity index (χ3n) is 4.79. The molecule has 5 heteroatoms. The molecular formula is C20H26N2O3. The summed E-state index contributed by atoms with van der Waals surface area (Å²) in [5.41, 5.74) is 3.67. The minimum atomic E-state index is -0.0205. The molecule has 1 amide bonds. The smallest absolute Gasteiger partial charge is 0.253 e. The van der Waals surface area contributed by atoms with E-state index in [1.54, 1.807) is 7.11 Å². The second-order valence-corrected chi connectivity index (χ2v) is 6.61. The van der Waals surface area contributed by atoms with Crippen LogP contribution in [0.4, 0.5) is 0 Å². The summed E-state index contributed by atoms with van der Waals surface area (Å²) in [5.74, 6) is 1.20. The highest BCUT2D eigenvalue weighted by Crippen LogP contribution is 2.24. The van der Waals surface area contributed by atoms with Gasteiger partial charge in [0.2, 0.25) is 0 Å². The highest BCUT2D eigenvalue weighted by atomic mass is 16.5. The largest absolute Gasteiger partial charge is 0.497 e. The number of nitrogens with one attached hydrogen (secondary N) is 1. The number of carbonyl (C=O) groups excluding carboxylic acids is 1. The lowest BCUT2D eigenvalue weighted by molar-refractivity contribution is 0.0536. The minimum Gasteiger partial charge on any atom is -0.497 e. The van der Waals surface area contributed by atoms with Gasteiger partial charge in [0.05, 0.1) is 19.3 Å². The summed E-state index contributed by atoms with van der Waals surface area (Å²) in [6, 6.07) is 9.81. The Labute approximate surface area is 148 Å². The normalized spacial score (nSPS) is 17.3. The lowest BCUT2D eigenvalue weighted by Gasteiger charge is -2.22. The molecule has 0 saturated carbocycles. The van der Waals surface area contributed by atoms with E-state index in [0.29, 0.717) is 12.5 Å². The van der Waals surface area contributed by atoms with Crippen LogP contribution < -0.4 is 10.1 Å². The molecule has 0 radical (unpaired) electrons. The van der Waals surface area contributed by atoms with Crippen LogP contribution in [0.5, 0.6) is 5.75 Å². The molecule has 5 nitrogen and oxygen atoms in total. The molecule has 1 aliphatic rings. The van der Waals surface area contributed by atoms with E-state index in [9.17, 15) is 4.79 Å². The first-order valence-corrected chi connectivity index (χ1v) is 8.79. The fourth-order valence-corrected chi connectivity index (χ4v) is 3.44. The lowest BCUT2D eigenvalue weighted by atomic mass is 10.0. The molecule has 0 aliphatic carbocycles. The van der Waals surface area contributed by atoms with E-state index in [4.69, 9.17) is 9.47 Å². The van der Waals surface area contributed by atoms with Crippen LogP contribution in [0.15, 0.2) is 30.3 Å². The number of amides is 1. The van der Waals surface area contributed by atoms with Crippen LogP contribution >= 0.6 is 0 Å². The van der Waals surface area contributed by atoms with Gasteiger partial charge in [-0.15, -0.1) is 0 Å². The van der Waals surface area contributed by atoms with Gasteiger partial charge >= 0.3 is 0 Å². The molecule has 1 aliphatic heterocycles. The molecule has 3 rings (SSSR count). The van der Waals surface area contributed by atoms with E-state index in [1.165, 1.54) is 0 Å². The zero-order valence-corrected chi connectivity index (χ0v) is 15.2. The number of hydrogen-bond donors (Lipinski definition) is 1. The zero-order chi connectivity index (χ0) is 17.8. The number of nitrogens with zero attached hydrogens (tertiary/aromatic N) is 1. The maximum Gasteiger partial charge on any atom is 0.253 e. The molecule has 134 valence electrons. The van der Waals surface area contributed by atoms with Gasteiger partial charge in [-0.3, -0.25) is 4.79 Å². The predicted octanol–water partition coefficient (Wildman–Crippen LogP) is 3.26. The van der Waals surface area contributed by atoms with E-state index in [-0.39, 0.29) is 5.91 Å². The Kier molecular flexibility index (Phi) is 5.43. The van der Waals surface area contributed by atoms with Gasteiger partial charge in [0.25, 0.3) is 5.91 Å². The highest BCUT2D eigenvalue weighted by molar-refractivity contribution is 5.95. The van der Waals surface area contributed by atoms with Crippen molar-refractivity contribution in [1.82, 2.24) is 9.88 Å². The number of benzene rings is 1. The van der Waals surface area contributed by atoms with Crippen LogP contribution in [0.1, 0.15) is 34.6 Å². The van der Waals surface area contributed by atoms with E-state index in [1.807, 2.05) is 44.2 Å². The zero-order valence-electron chi connectivity index (χ0n) is 15.2. The van der Waals surface area contributed by atoms with Gasteiger partial charge < -0.3 is 19.4 Å². The van der Waals surface area contributed by atoms with Gasteiger partial charge in [0.15, 0.2) is 0 Å². The number of ether oxygens (including phenoxy) is 2. The quantitative estimate of drug-likeness (QED) is 0.907. The van der Waals surface area contributed by atoms with Gasteiger partial charge in [0, 0.05) is 36.3 Å². The summed E-state index contributed by atoms with van der Waals surface area (Å²) < 4.78 is 12.9. The summed E-state index contributed by atoms with van der Waals surface area (Å²) >= 11 is 0. The van der Waals surface area contributed by atoms with Crippen LogP contribution in [0.2, 0.25) is 0 Å². The maximum absolute atomic E-state index is 12.6. The van der Waals surface area contributed by atoms with Gasteiger partial charge in [-0.05, 0) is 50.8 Å². The fraction of sp³-hybridized carbons (Fsp3) is 0.450. The summed E-state index contributed by atoms with van der Waals surface area (Å²) in [6.07, 6.45) is 2.19. The molecule has 1 aromatic carbocycles. The first-order valence-electron chi connectivity index (χ1n) is 8.79. The molecular weight excluding hydrogens is 316 g/mol. The number of methoxy groups -OCH3 is 1. The molecule has 1 N–H and O–H groups in total. The molecule has 1 unspecified atom stereocenters. The van der Waals surface area contributed by atoms with Gasteiger partial charge in [-0.2, -0.15) is 0 Å². The van der Waals surface area contributed by atoms with Crippen LogP contribution in [0, 0.1) is 19.8 Å². The third kappa shape index (κ3) is 3.87. The molecule has 2 aromatic rings. The van der Waals surface area contributed by atoms with Crippen LogP contribution in [0.25, 0.3) is 5.69 Å². The Morgan fingerprint density at radius 2 is 2.20 bits per heavy atom. The number of hydrogen-bond acceptors (Lipinski definition) is 3. The molecule has 0 spiro atoms. The minimum absolute atomic E-state index is 0.0205. The Morgan fingerprint density at radius 3 is 2.92 bits per heavy atom. The summed E-state index contributed by atoms with van der Waals surface area (Å²) in [5, 5.41) is 3.07. The molecule has 1 aromatic heterocycles. The number of aryl methyl sites for hydroxylation is 1. The Hall–Kier alpha value is -2.27. The first-order chi connectivity index (χ1) is 12.1. The molecule has 2 heterocycles. The SMILES string of the molecule is COc1cccc(-n2c(C)cc(C(=O)NCC3CCCOC3)c2C)c1. The van der Waals surface area contributed by atoms with Gasteiger partial charge in [-0.25, -0.2) is 0 Å². The second kappa shape index (κ2) is 7.74. The van der Waals surface area contributed by atoms with Crippen molar-refractivity contribution in [3.8, 4) is 11.4 Å². The van der Waals surface area contributed by atoms with E-state index in [0.717, 1.165) is 54.4 Å². The lowest BCUT2D eigenvalue weighted by Crippen LogP contribution is -2.33. The van der Waals surface area contributed by atoms with Crippen molar-refractivity contribution in [3.63, 3.8) is 0 Å².